The van der Waals surface area contributed by atoms with Crippen molar-refractivity contribution in [3.05, 3.63) is 47.0 Å². The van der Waals surface area contributed by atoms with Crippen molar-refractivity contribution in [3.8, 4) is 0 Å². The second-order valence-electron chi connectivity index (χ2n) is 7.45. The van der Waals surface area contributed by atoms with Gasteiger partial charge in [-0.15, -0.1) is 0 Å². The maximum atomic E-state index is 12.2. The van der Waals surface area contributed by atoms with Crippen LogP contribution in [0.3, 0.4) is 0 Å². The number of rotatable bonds is 4. The number of pyridine rings is 1. The molecule has 2 fully saturated rings. The van der Waals surface area contributed by atoms with Crippen LogP contribution in [0.25, 0.3) is 0 Å². The Hall–Kier alpha value is -1.92. The standard InChI is InChI=1S/C18H22ClN5O/c1-23-11-14(8-21-23)17(25)22-16-5-18(6-16)2-3-24(12-18)10-13-4-15(19)9-20-7-13/h4,7-9,11,16H,2-3,5-6,10,12H2,1H3,(H,22,25). The molecular formula is C18H22ClN5O. The van der Waals surface area contributed by atoms with Crippen LogP contribution in [0.15, 0.2) is 30.9 Å². The third-order valence-electron chi connectivity index (χ3n) is 5.35. The van der Waals surface area contributed by atoms with E-state index in [-0.39, 0.29) is 11.9 Å². The zero-order valence-corrected chi connectivity index (χ0v) is 15.0. The van der Waals surface area contributed by atoms with Crippen LogP contribution in [0.5, 0.6) is 0 Å². The average molecular weight is 360 g/mol. The summed E-state index contributed by atoms with van der Waals surface area (Å²) in [6.45, 7) is 3.07. The van der Waals surface area contributed by atoms with E-state index in [1.807, 2.05) is 19.3 Å². The topological polar surface area (TPSA) is 63.1 Å². The molecule has 1 N–H and O–H groups in total. The Morgan fingerprint density at radius 1 is 1.40 bits per heavy atom. The van der Waals surface area contributed by atoms with E-state index in [2.05, 4.69) is 20.3 Å². The molecule has 2 aliphatic rings. The number of hydrogen-bond acceptors (Lipinski definition) is 4. The van der Waals surface area contributed by atoms with Crippen LogP contribution in [0.4, 0.5) is 0 Å². The summed E-state index contributed by atoms with van der Waals surface area (Å²) in [6, 6.07) is 2.26. The lowest BCUT2D eigenvalue weighted by Crippen LogP contribution is -2.51. The molecule has 132 valence electrons. The number of amides is 1. The van der Waals surface area contributed by atoms with Gasteiger partial charge in [-0.3, -0.25) is 19.4 Å². The van der Waals surface area contributed by atoms with Crippen molar-refractivity contribution >= 4 is 17.5 Å². The highest BCUT2D eigenvalue weighted by Gasteiger charge is 2.48. The van der Waals surface area contributed by atoms with Gasteiger partial charge in [-0.05, 0) is 42.9 Å². The van der Waals surface area contributed by atoms with Gasteiger partial charge in [0, 0.05) is 44.8 Å². The molecule has 0 aromatic carbocycles. The van der Waals surface area contributed by atoms with E-state index < -0.39 is 0 Å². The number of likely N-dealkylation sites (tertiary alicyclic amines) is 1. The minimum atomic E-state index is -0.0206. The lowest BCUT2D eigenvalue weighted by Gasteiger charge is -2.45. The Kier molecular flexibility index (Phi) is 4.25. The van der Waals surface area contributed by atoms with Gasteiger partial charge in [-0.25, -0.2) is 0 Å². The molecule has 1 amide bonds. The zero-order valence-electron chi connectivity index (χ0n) is 14.3. The van der Waals surface area contributed by atoms with Crippen molar-refractivity contribution in [2.75, 3.05) is 13.1 Å². The van der Waals surface area contributed by atoms with Crippen LogP contribution in [0.1, 0.15) is 35.2 Å². The summed E-state index contributed by atoms with van der Waals surface area (Å²) in [5.74, 6) is -0.0206. The highest BCUT2D eigenvalue weighted by molar-refractivity contribution is 6.30. The first-order chi connectivity index (χ1) is 12.0. The van der Waals surface area contributed by atoms with Gasteiger partial charge in [-0.2, -0.15) is 5.10 Å². The van der Waals surface area contributed by atoms with E-state index in [1.54, 1.807) is 23.3 Å². The van der Waals surface area contributed by atoms with Gasteiger partial charge in [-0.1, -0.05) is 11.6 Å². The van der Waals surface area contributed by atoms with Crippen molar-refractivity contribution in [2.45, 2.75) is 31.8 Å². The molecule has 1 saturated carbocycles. The first kappa shape index (κ1) is 16.5. The van der Waals surface area contributed by atoms with Gasteiger partial charge in [0.05, 0.1) is 16.8 Å². The maximum Gasteiger partial charge on any atom is 0.254 e. The molecule has 1 saturated heterocycles. The van der Waals surface area contributed by atoms with Crippen LogP contribution in [0.2, 0.25) is 5.02 Å². The van der Waals surface area contributed by atoms with Gasteiger partial charge in [0.2, 0.25) is 0 Å². The number of hydrogen-bond donors (Lipinski definition) is 1. The minimum absolute atomic E-state index is 0.0206. The molecule has 0 unspecified atom stereocenters. The fourth-order valence-electron chi connectivity index (χ4n) is 4.19. The lowest BCUT2D eigenvalue weighted by atomic mass is 9.65. The second-order valence-corrected chi connectivity index (χ2v) is 7.89. The average Bonchev–Trinajstić information content (AvgIpc) is 3.14. The molecule has 0 atom stereocenters. The monoisotopic (exact) mass is 359 g/mol. The number of halogens is 1. The molecule has 2 aromatic rings. The van der Waals surface area contributed by atoms with Crippen LogP contribution in [-0.2, 0) is 13.6 Å². The summed E-state index contributed by atoms with van der Waals surface area (Å²) >= 11 is 6.02. The number of nitrogens with one attached hydrogen (secondary N) is 1. The van der Waals surface area contributed by atoms with E-state index in [1.165, 1.54) is 6.42 Å². The van der Waals surface area contributed by atoms with Gasteiger partial charge < -0.3 is 5.32 Å². The van der Waals surface area contributed by atoms with E-state index in [4.69, 9.17) is 11.6 Å². The van der Waals surface area contributed by atoms with Gasteiger partial charge >= 0.3 is 0 Å². The molecule has 4 rings (SSSR count). The Morgan fingerprint density at radius 3 is 2.96 bits per heavy atom. The molecule has 0 radical (unpaired) electrons. The van der Waals surface area contributed by atoms with Crippen molar-refractivity contribution < 1.29 is 4.79 Å². The predicted molar refractivity (Wildman–Crippen MR) is 95.3 cm³/mol. The number of carbonyl (C=O) groups is 1. The first-order valence-corrected chi connectivity index (χ1v) is 9.00. The molecule has 1 aliphatic heterocycles. The summed E-state index contributed by atoms with van der Waals surface area (Å²) in [6.07, 6.45) is 10.2. The zero-order chi connectivity index (χ0) is 17.4. The highest BCUT2D eigenvalue weighted by atomic mass is 35.5. The number of aromatic nitrogens is 3. The molecule has 1 spiro atoms. The van der Waals surface area contributed by atoms with Crippen LogP contribution < -0.4 is 5.32 Å². The molecular weight excluding hydrogens is 338 g/mol. The summed E-state index contributed by atoms with van der Waals surface area (Å²) in [7, 11) is 1.82. The summed E-state index contributed by atoms with van der Waals surface area (Å²) in [5.41, 5.74) is 2.15. The fourth-order valence-corrected chi connectivity index (χ4v) is 4.39. The Labute approximate surface area is 152 Å². The molecule has 0 bridgehead atoms. The quantitative estimate of drug-likeness (QED) is 0.909. The third-order valence-corrected chi connectivity index (χ3v) is 5.55. The Balaban J connectivity index is 1.28. The van der Waals surface area contributed by atoms with Crippen LogP contribution in [0, 0.1) is 5.41 Å². The predicted octanol–water partition coefficient (Wildman–Crippen LogP) is 2.25. The molecule has 25 heavy (non-hydrogen) atoms. The number of carbonyl (C=O) groups excluding carboxylic acids is 1. The number of aryl methyl sites for hydroxylation is 1. The molecule has 7 heteroatoms. The molecule has 3 heterocycles. The van der Waals surface area contributed by atoms with Gasteiger partial charge in [0.15, 0.2) is 0 Å². The van der Waals surface area contributed by atoms with Gasteiger partial charge in [0.25, 0.3) is 5.91 Å². The minimum Gasteiger partial charge on any atom is -0.349 e. The van der Waals surface area contributed by atoms with Crippen LogP contribution >= 0.6 is 11.6 Å². The fraction of sp³-hybridized carbons (Fsp3) is 0.500. The number of nitrogens with zero attached hydrogens (tertiary/aromatic N) is 4. The summed E-state index contributed by atoms with van der Waals surface area (Å²) in [4.78, 5) is 18.8. The molecule has 2 aromatic heterocycles. The molecule has 1 aliphatic carbocycles. The highest BCUT2D eigenvalue weighted by Crippen LogP contribution is 2.48. The Morgan fingerprint density at radius 2 is 2.24 bits per heavy atom. The van der Waals surface area contributed by atoms with E-state index >= 15 is 0 Å². The normalized spacial score (nSPS) is 25.9. The van der Waals surface area contributed by atoms with Crippen molar-refractivity contribution in [2.24, 2.45) is 12.5 Å². The van der Waals surface area contributed by atoms with Crippen LogP contribution in [-0.4, -0.2) is 44.7 Å². The molecule has 6 nitrogen and oxygen atoms in total. The van der Waals surface area contributed by atoms with Crippen molar-refractivity contribution in [1.82, 2.24) is 25.0 Å². The van der Waals surface area contributed by atoms with E-state index in [0.29, 0.717) is 16.0 Å². The smallest absolute Gasteiger partial charge is 0.254 e. The van der Waals surface area contributed by atoms with Crippen molar-refractivity contribution in [1.29, 1.82) is 0 Å². The van der Waals surface area contributed by atoms with Crippen molar-refractivity contribution in [3.63, 3.8) is 0 Å². The largest absolute Gasteiger partial charge is 0.349 e. The third kappa shape index (κ3) is 3.55. The van der Waals surface area contributed by atoms with E-state index in [9.17, 15) is 4.79 Å². The maximum absolute atomic E-state index is 12.2. The summed E-state index contributed by atoms with van der Waals surface area (Å²) < 4.78 is 1.65. The first-order valence-electron chi connectivity index (χ1n) is 8.63. The van der Waals surface area contributed by atoms with Gasteiger partial charge in [0.1, 0.15) is 0 Å². The Bertz CT molecular complexity index is 783. The van der Waals surface area contributed by atoms with E-state index in [0.717, 1.165) is 38.0 Å². The lowest BCUT2D eigenvalue weighted by molar-refractivity contribution is 0.0694. The second kappa shape index (κ2) is 6.42. The summed E-state index contributed by atoms with van der Waals surface area (Å²) in [5, 5.41) is 7.87. The SMILES string of the molecule is Cn1cc(C(=O)NC2CC3(CCN(Cc4cncc(Cl)c4)C3)C2)cn1.